The molecule has 23 heavy (non-hydrogen) atoms. The zero-order valence-electron chi connectivity index (χ0n) is 14.0. The Bertz CT molecular complexity index is 587. The zero-order valence-corrected chi connectivity index (χ0v) is 14.0. The van der Waals surface area contributed by atoms with Crippen LogP contribution >= 0.6 is 0 Å². The summed E-state index contributed by atoms with van der Waals surface area (Å²) in [5.41, 5.74) is 7.33. The third-order valence-corrected chi connectivity index (χ3v) is 4.20. The van der Waals surface area contributed by atoms with Gasteiger partial charge in [0.15, 0.2) is 0 Å². The van der Waals surface area contributed by atoms with E-state index in [0.29, 0.717) is 0 Å². The maximum atomic E-state index is 8.91. The second-order valence-corrected chi connectivity index (χ2v) is 5.93. The lowest BCUT2D eigenvalue weighted by molar-refractivity contribution is 0.195. The largest absolute Gasteiger partial charge is 0.291 e. The molecule has 2 rings (SSSR count). The quantitative estimate of drug-likeness (QED) is 0.634. The van der Waals surface area contributed by atoms with Crippen molar-refractivity contribution in [2.45, 2.75) is 45.4 Å². The summed E-state index contributed by atoms with van der Waals surface area (Å²) in [6.45, 7) is 1.93. The summed E-state index contributed by atoms with van der Waals surface area (Å²) in [4.78, 5) is 0. The molecule has 0 saturated carbocycles. The van der Waals surface area contributed by atoms with E-state index in [2.05, 4.69) is 60.1 Å². The van der Waals surface area contributed by atoms with Crippen LogP contribution in [0.3, 0.4) is 0 Å². The normalized spacial score (nSPS) is 11.5. The fourth-order valence-corrected chi connectivity index (χ4v) is 2.76. The van der Waals surface area contributed by atoms with Crippen molar-refractivity contribution in [3.63, 3.8) is 0 Å². The Morgan fingerprint density at radius 3 is 1.87 bits per heavy atom. The first-order valence-electron chi connectivity index (χ1n) is 8.49. The Labute approximate surface area is 139 Å². The number of rotatable bonds is 9. The molecule has 0 aliphatic carbocycles. The molecule has 2 N–H and O–H groups in total. The van der Waals surface area contributed by atoms with E-state index < -0.39 is 0 Å². The molecule has 122 valence electrons. The second-order valence-electron chi connectivity index (χ2n) is 5.93. The lowest BCUT2D eigenvalue weighted by atomic mass is 10.0. The van der Waals surface area contributed by atoms with Crippen LogP contribution in [0.1, 0.15) is 42.9 Å². The van der Waals surface area contributed by atoms with Crippen LogP contribution in [0.4, 0.5) is 0 Å². The molecule has 2 aromatic carbocycles. The van der Waals surface area contributed by atoms with Crippen LogP contribution in [-0.2, 0) is 19.3 Å². The summed E-state index contributed by atoms with van der Waals surface area (Å²) in [5.74, 6) is 0. The third kappa shape index (κ3) is 6.29. The number of aryl methyl sites for hydroxylation is 3. The third-order valence-electron chi connectivity index (χ3n) is 4.20. The number of hydroxylamine groups is 1. The number of hydrogen-bond acceptors (Lipinski definition) is 2. The van der Waals surface area contributed by atoms with Gasteiger partial charge >= 0.3 is 0 Å². The molecule has 0 saturated heterocycles. The maximum Gasteiger partial charge on any atom is 0.0333 e. The number of hydrogen-bond donors (Lipinski definition) is 2. The number of nitrogens with one attached hydrogen (secondary N) is 1. The predicted octanol–water partition coefficient (Wildman–Crippen LogP) is 5.07. The highest BCUT2D eigenvalue weighted by Gasteiger charge is 1.99. The van der Waals surface area contributed by atoms with Crippen molar-refractivity contribution in [3.8, 4) is 0 Å². The van der Waals surface area contributed by atoms with E-state index in [1.165, 1.54) is 23.1 Å². The fourth-order valence-electron chi connectivity index (χ4n) is 2.76. The summed E-state index contributed by atoms with van der Waals surface area (Å²) in [6, 6.07) is 19.7. The van der Waals surface area contributed by atoms with Crippen LogP contribution < -0.4 is 5.48 Å². The molecule has 0 bridgehead atoms. The summed E-state index contributed by atoms with van der Waals surface area (Å²) in [5, 5.41) is 8.91. The van der Waals surface area contributed by atoms with Gasteiger partial charge in [0.1, 0.15) is 0 Å². The first-order valence-corrected chi connectivity index (χ1v) is 8.49. The molecule has 0 aliphatic heterocycles. The van der Waals surface area contributed by atoms with Crippen LogP contribution in [0.15, 0.2) is 66.4 Å². The van der Waals surface area contributed by atoms with Crippen LogP contribution in [0.25, 0.3) is 0 Å². The standard InChI is InChI=1S/C21H27NO/c1-2-21(22-23)13-7-12-20-16-14-19(15-17-20)11-6-10-18-8-4-3-5-9-18/h2-5,8-9,14-17,22-23H,6-7,10-13H2,1H3/b21-2-. The van der Waals surface area contributed by atoms with Crippen molar-refractivity contribution in [2.75, 3.05) is 0 Å². The average Bonchev–Trinajstić information content (AvgIpc) is 2.61. The van der Waals surface area contributed by atoms with Crippen molar-refractivity contribution < 1.29 is 5.21 Å². The minimum Gasteiger partial charge on any atom is -0.291 e. The van der Waals surface area contributed by atoms with Gasteiger partial charge in [-0.3, -0.25) is 10.7 Å². The van der Waals surface area contributed by atoms with Crippen LogP contribution in [0.5, 0.6) is 0 Å². The molecule has 2 aromatic rings. The van der Waals surface area contributed by atoms with Gasteiger partial charge in [-0.15, -0.1) is 0 Å². The van der Waals surface area contributed by atoms with Crippen molar-refractivity contribution >= 4 is 0 Å². The van der Waals surface area contributed by atoms with E-state index in [-0.39, 0.29) is 0 Å². The van der Waals surface area contributed by atoms with E-state index in [4.69, 9.17) is 5.21 Å². The summed E-state index contributed by atoms with van der Waals surface area (Å²) in [6.07, 6.45) is 8.34. The Kier molecular flexibility index (Phi) is 7.41. The van der Waals surface area contributed by atoms with Gasteiger partial charge in [0.2, 0.25) is 0 Å². The Balaban J connectivity index is 1.72. The zero-order chi connectivity index (χ0) is 16.3. The van der Waals surface area contributed by atoms with Crippen LogP contribution in [0, 0.1) is 0 Å². The van der Waals surface area contributed by atoms with E-state index in [0.717, 1.165) is 37.8 Å². The van der Waals surface area contributed by atoms with Gasteiger partial charge in [0.05, 0.1) is 0 Å². The highest BCUT2D eigenvalue weighted by molar-refractivity contribution is 5.23. The lowest BCUT2D eigenvalue weighted by Gasteiger charge is -2.06. The molecular formula is C21H27NO. The molecule has 0 aliphatic rings. The second kappa shape index (κ2) is 9.86. The first kappa shape index (κ1) is 17.3. The van der Waals surface area contributed by atoms with Crippen molar-refractivity contribution in [1.29, 1.82) is 0 Å². The minimum atomic E-state index is 0.881. The minimum absolute atomic E-state index is 0.881. The average molecular weight is 309 g/mol. The molecule has 0 spiro atoms. The molecule has 0 radical (unpaired) electrons. The molecular weight excluding hydrogens is 282 g/mol. The van der Waals surface area contributed by atoms with E-state index >= 15 is 0 Å². The summed E-state index contributed by atoms with van der Waals surface area (Å²) >= 11 is 0. The van der Waals surface area contributed by atoms with E-state index in [1.807, 2.05) is 13.0 Å². The predicted molar refractivity (Wildman–Crippen MR) is 96.5 cm³/mol. The van der Waals surface area contributed by atoms with Crippen molar-refractivity contribution in [2.24, 2.45) is 0 Å². The number of benzene rings is 2. The van der Waals surface area contributed by atoms with Gasteiger partial charge in [0, 0.05) is 5.70 Å². The summed E-state index contributed by atoms with van der Waals surface area (Å²) in [7, 11) is 0. The van der Waals surface area contributed by atoms with Crippen molar-refractivity contribution in [3.05, 3.63) is 83.1 Å². The SMILES string of the molecule is C/C=C(/CCCc1ccc(CCCc2ccccc2)cc1)NO. The molecule has 2 nitrogen and oxygen atoms in total. The lowest BCUT2D eigenvalue weighted by Crippen LogP contribution is -2.06. The molecule has 0 fully saturated rings. The Morgan fingerprint density at radius 2 is 1.35 bits per heavy atom. The fraction of sp³-hybridized carbons (Fsp3) is 0.333. The van der Waals surface area contributed by atoms with E-state index in [9.17, 15) is 0 Å². The summed E-state index contributed by atoms with van der Waals surface area (Å²) < 4.78 is 0. The smallest absolute Gasteiger partial charge is 0.0333 e. The molecule has 0 aromatic heterocycles. The van der Waals surface area contributed by atoms with Gasteiger partial charge in [0.25, 0.3) is 0 Å². The Hall–Kier alpha value is -2.06. The number of allylic oxidation sites excluding steroid dienone is 2. The Morgan fingerprint density at radius 1 is 0.826 bits per heavy atom. The van der Waals surface area contributed by atoms with Crippen LogP contribution in [0.2, 0.25) is 0 Å². The van der Waals surface area contributed by atoms with Gasteiger partial charge in [-0.05, 0) is 62.1 Å². The van der Waals surface area contributed by atoms with Gasteiger partial charge in [-0.2, -0.15) is 0 Å². The van der Waals surface area contributed by atoms with Crippen molar-refractivity contribution in [1.82, 2.24) is 5.48 Å². The molecule has 2 heteroatoms. The van der Waals surface area contributed by atoms with Crippen LogP contribution in [-0.4, -0.2) is 5.21 Å². The molecule has 0 heterocycles. The van der Waals surface area contributed by atoms with E-state index in [1.54, 1.807) is 0 Å². The first-order chi connectivity index (χ1) is 11.3. The monoisotopic (exact) mass is 309 g/mol. The van der Waals surface area contributed by atoms with Gasteiger partial charge in [-0.25, -0.2) is 0 Å². The maximum absolute atomic E-state index is 8.91. The highest BCUT2D eigenvalue weighted by atomic mass is 16.5. The molecule has 0 unspecified atom stereocenters. The van der Waals surface area contributed by atoms with Gasteiger partial charge in [-0.1, -0.05) is 60.7 Å². The molecule has 0 atom stereocenters. The topological polar surface area (TPSA) is 32.3 Å². The highest BCUT2D eigenvalue weighted by Crippen LogP contribution is 2.12. The van der Waals surface area contributed by atoms with Gasteiger partial charge < -0.3 is 0 Å². The molecule has 0 amide bonds.